The van der Waals surface area contributed by atoms with Crippen LogP contribution in [0.15, 0.2) is 54.6 Å². The van der Waals surface area contributed by atoms with Gasteiger partial charge in [0.1, 0.15) is 11.7 Å². The summed E-state index contributed by atoms with van der Waals surface area (Å²) in [5.41, 5.74) is 0.776. The monoisotopic (exact) mass is 214 g/mol. The first-order chi connectivity index (χ1) is 7.91. The Morgan fingerprint density at radius 1 is 1.00 bits per heavy atom. The second-order valence-electron chi connectivity index (χ2n) is 4.09. The Hall–Kier alpha value is -1.38. The lowest BCUT2D eigenvalue weighted by Crippen LogP contribution is -2.37. The second-order valence-corrected chi connectivity index (χ2v) is 4.09. The molecular formula is C14H14O2. The van der Waals surface area contributed by atoms with Crippen molar-refractivity contribution >= 4 is 0 Å². The van der Waals surface area contributed by atoms with E-state index in [1.807, 2.05) is 24.3 Å². The van der Waals surface area contributed by atoms with E-state index in [0.717, 1.165) is 0 Å². The fraction of sp³-hybridized carbons (Fsp3) is 0.286. The lowest BCUT2D eigenvalue weighted by Gasteiger charge is -2.35. The zero-order valence-electron chi connectivity index (χ0n) is 9.00. The van der Waals surface area contributed by atoms with Crippen LogP contribution >= 0.6 is 0 Å². The third kappa shape index (κ3) is 1.51. The fourth-order valence-electron chi connectivity index (χ4n) is 2.33. The lowest BCUT2D eigenvalue weighted by molar-refractivity contribution is -0.0818. The van der Waals surface area contributed by atoms with E-state index in [0.29, 0.717) is 13.2 Å². The minimum atomic E-state index is -0.389. The molecule has 2 heteroatoms. The van der Waals surface area contributed by atoms with Crippen LogP contribution in [-0.2, 0) is 9.47 Å². The van der Waals surface area contributed by atoms with Crippen molar-refractivity contribution in [3.63, 3.8) is 0 Å². The van der Waals surface area contributed by atoms with Crippen molar-refractivity contribution in [1.82, 2.24) is 0 Å². The maximum atomic E-state index is 5.84. The molecule has 16 heavy (non-hydrogen) atoms. The summed E-state index contributed by atoms with van der Waals surface area (Å²) in [4.78, 5) is 0. The van der Waals surface area contributed by atoms with Gasteiger partial charge < -0.3 is 9.47 Å². The summed E-state index contributed by atoms with van der Waals surface area (Å²) in [6, 6.07) is 10.2. The highest BCUT2D eigenvalue weighted by atomic mass is 16.6. The van der Waals surface area contributed by atoms with Gasteiger partial charge in [-0.25, -0.2) is 0 Å². The second kappa shape index (κ2) is 3.89. The van der Waals surface area contributed by atoms with Gasteiger partial charge in [0.05, 0.1) is 13.2 Å². The predicted molar refractivity (Wildman–Crippen MR) is 62.1 cm³/mol. The number of rotatable bonds is 1. The first-order valence-electron chi connectivity index (χ1n) is 5.57. The van der Waals surface area contributed by atoms with E-state index in [2.05, 4.69) is 30.4 Å². The molecule has 0 aliphatic carbocycles. The summed E-state index contributed by atoms with van der Waals surface area (Å²) in [6.07, 6.45) is 8.25. The maximum absolute atomic E-state index is 5.84. The summed E-state index contributed by atoms with van der Waals surface area (Å²) in [6.45, 7) is 1.32. The molecule has 0 N–H and O–H groups in total. The van der Waals surface area contributed by atoms with Gasteiger partial charge in [-0.1, -0.05) is 42.5 Å². The van der Waals surface area contributed by atoms with Gasteiger partial charge in [0.2, 0.25) is 0 Å². The Bertz CT molecular complexity index is 422. The van der Waals surface area contributed by atoms with Crippen LogP contribution in [0.25, 0.3) is 0 Å². The van der Waals surface area contributed by atoms with Gasteiger partial charge in [0.15, 0.2) is 0 Å². The maximum Gasteiger partial charge on any atom is 0.135 e. The van der Waals surface area contributed by atoms with Gasteiger partial charge in [-0.15, -0.1) is 0 Å². The van der Waals surface area contributed by atoms with Gasteiger partial charge >= 0.3 is 0 Å². The molecule has 0 unspecified atom stereocenters. The van der Waals surface area contributed by atoms with E-state index < -0.39 is 0 Å². The van der Waals surface area contributed by atoms with E-state index in [1.54, 1.807) is 0 Å². The molecule has 1 spiro atoms. The Labute approximate surface area is 95.2 Å². The third-order valence-electron chi connectivity index (χ3n) is 3.06. The van der Waals surface area contributed by atoms with Crippen LogP contribution in [-0.4, -0.2) is 18.8 Å². The molecule has 2 aliphatic heterocycles. The van der Waals surface area contributed by atoms with E-state index >= 15 is 0 Å². The predicted octanol–water partition coefficient (Wildman–Crippen LogP) is 2.64. The Balaban J connectivity index is 2.00. The molecule has 82 valence electrons. The molecule has 1 aromatic carbocycles. The van der Waals surface area contributed by atoms with E-state index in [9.17, 15) is 0 Å². The lowest BCUT2D eigenvalue weighted by atomic mass is 9.89. The standard InChI is InChI=1S/C14H14O2/c1-2-6-12(7-3-1)13-14(8-4-10-15-13)9-5-11-16-14/h1-9,13H,10-11H2/t13-,14+/m1/s1. The van der Waals surface area contributed by atoms with Crippen LogP contribution in [0.2, 0.25) is 0 Å². The Morgan fingerprint density at radius 3 is 2.44 bits per heavy atom. The first-order valence-corrected chi connectivity index (χ1v) is 5.57. The molecule has 3 rings (SSSR count). The van der Waals surface area contributed by atoms with E-state index in [1.165, 1.54) is 5.56 Å². The molecule has 1 aromatic rings. The van der Waals surface area contributed by atoms with Crippen LogP contribution in [0.5, 0.6) is 0 Å². The molecule has 0 amide bonds. The van der Waals surface area contributed by atoms with Crippen LogP contribution in [0.3, 0.4) is 0 Å². The van der Waals surface area contributed by atoms with Crippen molar-refractivity contribution < 1.29 is 9.47 Å². The van der Waals surface area contributed by atoms with Crippen molar-refractivity contribution in [1.29, 1.82) is 0 Å². The average molecular weight is 214 g/mol. The Morgan fingerprint density at radius 2 is 1.75 bits per heavy atom. The average Bonchev–Trinajstić information content (AvgIpc) is 2.80. The molecule has 0 aromatic heterocycles. The number of hydrogen-bond acceptors (Lipinski definition) is 2. The summed E-state index contributed by atoms with van der Waals surface area (Å²) < 4.78 is 11.7. The molecule has 0 saturated heterocycles. The molecule has 0 fully saturated rings. The molecule has 2 nitrogen and oxygen atoms in total. The summed E-state index contributed by atoms with van der Waals surface area (Å²) in [5.74, 6) is 0. The van der Waals surface area contributed by atoms with Crippen LogP contribution in [0.4, 0.5) is 0 Å². The first kappa shape index (κ1) is 9.82. The van der Waals surface area contributed by atoms with E-state index in [-0.39, 0.29) is 11.7 Å². The van der Waals surface area contributed by atoms with Crippen molar-refractivity contribution in [2.24, 2.45) is 0 Å². The number of benzene rings is 1. The molecule has 0 radical (unpaired) electrons. The molecule has 0 saturated carbocycles. The van der Waals surface area contributed by atoms with Crippen LogP contribution < -0.4 is 0 Å². The van der Waals surface area contributed by atoms with E-state index in [4.69, 9.17) is 9.47 Å². The normalized spacial score (nSPS) is 32.4. The summed E-state index contributed by atoms with van der Waals surface area (Å²) >= 11 is 0. The van der Waals surface area contributed by atoms with Crippen molar-refractivity contribution in [3.8, 4) is 0 Å². The highest BCUT2D eigenvalue weighted by molar-refractivity contribution is 5.32. The number of hydrogen-bond donors (Lipinski definition) is 0. The quantitative estimate of drug-likeness (QED) is 0.669. The van der Waals surface area contributed by atoms with Crippen LogP contribution in [0, 0.1) is 0 Å². The number of ether oxygens (including phenoxy) is 2. The van der Waals surface area contributed by atoms with Gasteiger partial charge in [0, 0.05) is 0 Å². The van der Waals surface area contributed by atoms with Crippen molar-refractivity contribution in [3.05, 3.63) is 60.2 Å². The van der Waals surface area contributed by atoms with Gasteiger partial charge in [-0.3, -0.25) is 0 Å². The Kier molecular flexibility index (Phi) is 2.39. The van der Waals surface area contributed by atoms with Crippen molar-refractivity contribution in [2.75, 3.05) is 13.2 Å². The highest BCUT2D eigenvalue weighted by Crippen LogP contribution is 2.39. The largest absolute Gasteiger partial charge is 0.366 e. The van der Waals surface area contributed by atoms with Gasteiger partial charge in [-0.2, -0.15) is 0 Å². The summed E-state index contributed by atoms with van der Waals surface area (Å²) in [5, 5.41) is 0. The fourth-order valence-corrected chi connectivity index (χ4v) is 2.33. The van der Waals surface area contributed by atoms with Crippen molar-refractivity contribution in [2.45, 2.75) is 11.7 Å². The summed E-state index contributed by atoms with van der Waals surface area (Å²) in [7, 11) is 0. The minimum absolute atomic E-state index is 0.0301. The SMILES string of the molecule is C1=C[C@]2(C=CCO2)[C@@H](c2ccccc2)OC1. The highest BCUT2D eigenvalue weighted by Gasteiger charge is 2.40. The third-order valence-corrected chi connectivity index (χ3v) is 3.06. The van der Waals surface area contributed by atoms with Gasteiger partial charge in [-0.05, 0) is 17.7 Å². The molecular weight excluding hydrogens is 200 g/mol. The molecule has 0 bridgehead atoms. The van der Waals surface area contributed by atoms with Crippen LogP contribution in [0.1, 0.15) is 11.7 Å². The topological polar surface area (TPSA) is 18.5 Å². The zero-order chi connectivity index (χ0) is 10.8. The minimum Gasteiger partial charge on any atom is -0.366 e. The zero-order valence-corrected chi connectivity index (χ0v) is 9.00. The smallest absolute Gasteiger partial charge is 0.135 e. The molecule has 2 atom stereocenters. The molecule has 2 heterocycles. The molecule has 2 aliphatic rings. The van der Waals surface area contributed by atoms with Gasteiger partial charge in [0.25, 0.3) is 0 Å².